The van der Waals surface area contributed by atoms with Gasteiger partial charge in [0.1, 0.15) is 0 Å². The van der Waals surface area contributed by atoms with Crippen LogP contribution in [-0.4, -0.2) is 22.7 Å². The van der Waals surface area contributed by atoms with Crippen molar-refractivity contribution in [2.45, 2.75) is 26.7 Å². The van der Waals surface area contributed by atoms with Crippen LogP contribution in [0.4, 0.5) is 5.69 Å². The number of benzene rings is 1. The molecule has 2 aromatic rings. The number of nitrogens with two attached hydrogens (primary N) is 1. The Morgan fingerprint density at radius 3 is 2.65 bits per heavy atom. The number of carbonyl (C=O) groups is 1. The van der Waals surface area contributed by atoms with E-state index in [0.29, 0.717) is 11.3 Å². The lowest BCUT2D eigenvalue weighted by molar-refractivity contribution is 0.0963. The smallest absolute Gasteiger partial charge is 0.253 e. The first-order chi connectivity index (χ1) is 9.60. The van der Waals surface area contributed by atoms with Crippen LogP contribution in [0.5, 0.6) is 0 Å². The number of aryl methyl sites for hydroxylation is 2. The molecule has 2 rings (SSSR count). The molecule has 5 heteroatoms. The second-order valence-corrected chi connectivity index (χ2v) is 4.60. The van der Waals surface area contributed by atoms with Crippen molar-refractivity contribution in [3.8, 4) is 5.69 Å². The first-order valence-electron chi connectivity index (χ1n) is 6.80. The molecule has 1 heterocycles. The summed E-state index contributed by atoms with van der Waals surface area (Å²) in [6.45, 7) is 4.13. The van der Waals surface area contributed by atoms with E-state index in [1.54, 1.807) is 25.2 Å². The predicted octanol–water partition coefficient (Wildman–Crippen LogP) is 1.94. The summed E-state index contributed by atoms with van der Waals surface area (Å²) in [5, 5.41) is 7.22. The van der Waals surface area contributed by atoms with Crippen LogP contribution >= 0.6 is 0 Å². The number of amides is 1. The number of nitrogen functional groups attached to an aromatic ring is 1. The van der Waals surface area contributed by atoms with Gasteiger partial charge < -0.3 is 11.1 Å². The number of hydrogen-bond acceptors (Lipinski definition) is 3. The summed E-state index contributed by atoms with van der Waals surface area (Å²) >= 11 is 0. The highest BCUT2D eigenvalue weighted by molar-refractivity contribution is 5.98. The zero-order valence-corrected chi connectivity index (χ0v) is 12.1. The summed E-state index contributed by atoms with van der Waals surface area (Å²) < 4.78 is 1.82. The summed E-state index contributed by atoms with van der Waals surface area (Å²) in [6.07, 6.45) is 1.70. The van der Waals surface area contributed by atoms with Crippen LogP contribution in [0, 0.1) is 0 Å². The average molecular weight is 272 g/mol. The lowest BCUT2D eigenvalue weighted by Gasteiger charge is -2.12. The number of aromatic nitrogens is 2. The van der Waals surface area contributed by atoms with Crippen LogP contribution in [0.3, 0.4) is 0 Å². The third kappa shape index (κ3) is 2.52. The summed E-state index contributed by atoms with van der Waals surface area (Å²) in [7, 11) is 1.61. The van der Waals surface area contributed by atoms with Gasteiger partial charge in [-0.15, -0.1) is 0 Å². The molecule has 0 unspecified atom stereocenters. The van der Waals surface area contributed by atoms with E-state index in [9.17, 15) is 4.79 Å². The van der Waals surface area contributed by atoms with E-state index in [1.807, 2.05) is 4.68 Å². The molecule has 1 amide bonds. The number of carbonyl (C=O) groups excluding carboxylic acids is 1. The number of hydrogen-bond donors (Lipinski definition) is 2. The standard InChI is InChI=1S/C15H20N4O/c1-4-11-9-12(5-2)19(18-11)14-8-10(16)6-7-13(14)15(20)17-3/h6-9H,4-5,16H2,1-3H3,(H,17,20). The fourth-order valence-electron chi connectivity index (χ4n) is 2.16. The molecule has 1 aromatic carbocycles. The second-order valence-electron chi connectivity index (χ2n) is 4.60. The van der Waals surface area contributed by atoms with Gasteiger partial charge >= 0.3 is 0 Å². The summed E-state index contributed by atoms with van der Waals surface area (Å²) in [4.78, 5) is 12.0. The van der Waals surface area contributed by atoms with Crippen molar-refractivity contribution >= 4 is 11.6 Å². The van der Waals surface area contributed by atoms with Crippen molar-refractivity contribution in [1.29, 1.82) is 0 Å². The van der Waals surface area contributed by atoms with E-state index < -0.39 is 0 Å². The van der Waals surface area contributed by atoms with Gasteiger partial charge in [-0.1, -0.05) is 13.8 Å². The highest BCUT2D eigenvalue weighted by Crippen LogP contribution is 2.21. The maximum absolute atomic E-state index is 12.0. The molecule has 5 nitrogen and oxygen atoms in total. The molecule has 1 aromatic heterocycles. The van der Waals surface area contributed by atoms with E-state index >= 15 is 0 Å². The van der Waals surface area contributed by atoms with Crippen molar-refractivity contribution in [2.75, 3.05) is 12.8 Å². The van der Waals surface area contributed by atoms with Crippen LogP contribution in [0.2, 0.25) is 0 Å². The Hall–Kier alpha value is -2.30. The Balaban J connectivity index is 2.64. The lowest BCUT2D eigenvalue weighted by atomic mass is 10.1. The van der Waals surface area contributed by atoms with Crippen molar-refractivity contribution < 1.29 is 4.79 Å². The molecular formula is C15H20N4O. The number of anilines is 1. The van der Waals surface area contributed by atoms with Crippen molar-refractivity contribution in [1.82, 2.24) is 15.1 Å². The minimum atomic E-state index is -0.143. The summed E-state index contributed by atoms with van der Waals surface area (Å²) in [5.74, 6) is -0.143. The van der Waals surface area contributed by atoms with Gasteiger partial charge in [0.2, 0.25) is 0 Å². The van der Waals surface area contributed by atoms with Crippen LogP contribution < -0.4 is 11.1 Å². The third-order valence-electron chi connectivity index (χ3n) is 3.28. The topological polar surface area (TPSA) is 72.9 Å². The van der Waals surface area contributed by atoms with E-state index in [0.717, 1.165) is 29.9 Å². The minimum absolute atomic E-state index is 0.143. The highest BCUT2D eigenvalue weighted by Gasteiger charge is 2.15. The normalized spacial score (nSPS) is 10.6. The number of nitrogens with zero attached hydrogens (tertiary/aromatic N) is 2. The Bertz CT molecular complexity index is 631. The number of nitrogens with one attached hydrogen (secondary N) is 1. The molecule has 0 aliphatic carbocycles. The average Bonchev–Trinajstić information content (AvgIpc) is 2.89. The molecule has 0 bridgehead atoms. The Morgan fingerprint density at radius 2 is 2.05 bits per heavy atom. The Kier molecular flexibility index (Phi) is 4.08. The quantitative estimate of drug-likeness (QED) is 0.835. The van der Waals surface area contributed by atoms with Gasteiger partial charge in [0.15, 0.2) is 0 Å². The van der Waals surface area contributed by atoms with Crippen molar-refractivity contribution in [3.63, 3.8) is 0 Å². The monoisotopic (exact) mass is 272 g/mol. The molecule has 20 heavy (non-hydrogen) atoms. The Morgan fingerprint density at radius 1 is 1.30 bits per heavy atom. The molecular weight excluding hydrogens is 252 g/mol. The maximum atomic E-state index is 12.0. The summed E-state index contributed by atoms with van der Waals surface area (Å²) in [5.41, 5.74) is 9.85. The fourth-order valence-corrected chi connectivity index (χ4v) is 2.16. The zero-order valence-electron chi connectivity index (χ0n) is 12.1. The van der Waals surface area contributed by atoms with E-state index in [4.69, 9.17) is 5.73 Å². The SMILES string of the molecule is CCc1cc(CC)n(-c2cc(N)ccc2C(=O)NC)n1. The van der Waals surface area contributed by atoms with Gasteiger partial charge in [-0.2, -0.15) is 5.10 Å². The fraction of sp³-hybridized carbons (Fsp3) is 0.333. The largest absolute Gasteiger partial charge is 0.399 e. The summed E-state index contributed by atoms with van der Waals surface area (Å²) in [6, 6.07) is 7.31. The van der Waals surface area contributed by atoms with Crippen molar-refractivity contribution in [2.24, 2.45) is 0 Å². The van der Waals surface area contributed by atoms with E-state index in [-0.39, 0.29) is 5.91 Å². The Labute approximate surface area is 118 Å². The van der Waals surface area contributed by atoms with Crippen LogP contribution in [0.1, 0.15) is 35.6 Å². The van der Waals surface area contributed by atoms with Gasteiger partial charge in [0.25, 0.3) is 5.91 Å². The van der Waals surface area contributed by atoms with E-state index in [1.165, 1.54) is 0 Å². The first kappa shape index (κ1) is 14.1. The lowest BCUT2D eigenvalue weighted by Crippen LogP contribution is -2.21. The highest BCUT2D eigenvalue weighted by atomic mass is 16.1. The predicted molar refractivity (Wildman–Crippen MR) is 80.1 cm³/mol. The molecule has 0 aliphatic heterocycles. The minimum Gasteiger partial charge on any atom is -0.399 e. The molecule has 3 N–H and O–H groups in total. The molecule has 0 saturated carbocycles. The second kappa shape index (κ2) is 5.77. The molecule has 106 valence electrons. The van der Waals surface area contributed by atoms with Gasteiger partial charge in [-0.3, -0.25) is 4.79 Å². The third-order valence-corrected chi connectivity index (χ3v) is 3.28. The van der Waals surface area contributed by atoms with E-state index in [2.05, 4.69) is 30.3 Å². The zero-order chi connectivity index (χ0) is 14.7. The van der Waals surface area contributed by atoms with Crippen molar-refractivity contribution in [3.05, 3.63) is 41.2 Å². The van der Waals surface area contributed by atoms with Gasteiger partial charge in [0.05, 0.1) is 16.9 Å². The molecule has 0 fully saturated rings. The molecule has 0 spiro atoms. The molecule has 0 radical (unpaired) electrons. The first-order valence-corrected chi connectivity index (χ1v) is 6.80. The van der Waals surface area contributed by atoms with Crippen LogP contribution in [0.25, 0.3) is 5.69 Å². The van der Waals surface area contributed by atoms with Crippen LogP contribution in [-0.2, 0) is 12.8 Å². The van der Waals surface area contributed by atoms with Gasteiger partial charge in [0, 0.05) is 18.4 Å². The van der Waals surface area contributed by atoms with Crippen LogP contribution in [0.15, 0.2) is 24.3 Å². The molecule has 0 saturated heterocycles. The molecule has 0 atom stereocenters. The maximum Gasteiger partial charge on any atom is 0.253 e. The molecule has 0 aliphatic rings. The van der Waals surface area contributed by atoms with Gasteiger partial charge in [-0.05, 0) is 37.1 Å². The van der Waals surface area contributed by atoms with Gasteiger partial charge in [-0.25, -0.2) is 4.68 Å². The number of rotatable bonds is 4.